The minimum atomic E-state index is -0.652. The number of hydrogen-bond acceptors (Lipinski definition) is 1. The van der Waals surface area contributed by atoms with E-state index in [9.17, 15) is 9.18 Å². The van der Waals surface area contributed by atoms with Gasteiger partial charge in [-0.1, -0.05) is 6.92 Å². The van der Waals surface area contributed by atoms with Crippen LogP contribution in [0.2, 0.25) is 0 Å². The van der Waals surface area contributed by atoms with Gasteiger partial charge in [-0.15, -0.1) is 23.2 Å². The van der Waals surface area contributed by atoms with Gasteiger partial charge >= 0.3 is 0 Å². The summed E-state index contributed by atoms with van der Waals surface area (Å²) in [4.78, 5) is 12.0. The molecule has 0 radical (unpaired) electrons. The molecule has 0 aliphatic heterocycles. The Bertz CT molecular complexity index is 404. The third-order valence-electron chi connectivity index (χ3n) is 2.87. The van der Waals surface area contributed by atoms with Gasteiger partial charge < -0.3 is 5.32 Å². The lowest BCUT2D eigenvalue weighted by atomic mass is 10.0. The van der Waals surface area contributed by atoms with E-state index in [4.69, 9.17) is 23.2 Å². The predicted octanol–water partition coefficient (Wildman–Crippen LogP) is 3.49. The van der Waals surface area contributed by atoms with Crippen LogP contribution < -0.4 is 5.32 Å². The van der Waals surface area contributed by atoms with Crippen molar-refractivity contribution in [2.24, 2.45) is 0 Å². The lowest BCUT2D eigenvalue weighted by Crippen LogP contribution is -2.51. The SMILES string of the molecule is CCC(CCl)(CCl)NC(=O)c1cc(C)cc(F)c1. The summed E-state index contributed by atoms with van der Waals surface area (Å²) in [5.41, 5.74) is 0.319. The van der Waals surface area contributed by atoms with Gasteiger partial charge in [-0.25, -0.2) is 4.39 Å². The molecular formula is C13H16Cl2FNO. The largest absolute Gasteiger partial charge is 0.344 e. The lowest BCUT2D eigenvalue weighted by molar-refractivity contribution is 0.0913. The number of carbonyl (C=O) groups is 1. The van der Waals surface area contributed by atoms with Crippen LogP contribution in [0.15, 0.2) is 18.2 Å². The normalized spacial score (nSPS) is 11.4. The Morgan fingerprint density at radius 2 is 1.94 bits per heavy atom. The Kier molecular flexibility index (Phi) is 5.42. The molecule has 0 saturated carbocycles. The minimum Gasteiger partial charge on any atom is -0.344 e. The van der Waals surface area contributed by atoms with E-state index >= 15 is 0 Å². The molecule has 0 saturated heterocycles. The quantitative estimate of drug-likeness (QED) is 0.827. The summed E-state index contributed by atoms with van der Waals surface area (Å²) in [6.07, 6.45) is 0.611. The summed E-state index contributed by atoms with van der Waals surface area (Å²) in [7, 11) is 0. The third kappa shape index (κ3) is 3.59. The highest BCUT2D eigenvalue weighted by atomic mass is 35.5. The van der Waals surface area contributed by atoms with Crippen molar-refractivity contribution in [2.75, 3.05) is 11.8 Å². The Morgan fingerprint density at radius 3 is 2.39 bits per heavy atom. The predicted molar refractivity (Wildman–Crippen MR) is 73.1 cm³/mol. The number of nitrogens with one attached hydrogen (secondary N) is 1. The zero-order valence-corrected chi connectivity index (χ0v) is 11.9. The first-order valence-electron chi connectivity index (χ1n) is 5.68. The van der Waals surface area contributed by atoms with Crippen molar-refractivity contribution in [2.45, 2.75) is 25.8 Å². The summed E-state index contributed by atoms with van der Waals surface area (Å²) < 4.78 is 13.2. The van der Waals surface area contributed by atoms with Gasteiger partial charge in [-0.3, -0.25) is 4.79 Å². The third-order valence-corrected chi connectivity index (χ3v) is 3.89. The molecule has 0 unspecified atom stereocenters. The van der Waals surface area contributed by atoms with Crippen LogP contribution in [0.25, 0.3) is 0 Å². The standard InChI is InChI=1S/C13H16Cl2FNO/c1-3-13(7-14,8-15)17-12(18)10-4-9(2)5-11(16)6-10/h4-6H,3,7-8H2,1-2H3,(H,17,18). The fraction of sp³-hybridized carbons (Fsp3) is 0.462. The molecule has 100 valence electrons. The maximum absolute atomic E-state index is 13.2. The molecule has 2 nitrogen and oxygen atoms in total. The lowest BCUT2D eigenvalue weighted by Gasteiger charge is -2.29. The van der Waals surface area contributed by atoms with Gasteiger partial charge in [-0.2, -0.15) is 0 Å². The average Bonchev–Trinajstić information content (AvgIpc) is 2.35. The van der Waals surface area contributed by atoms with E-state index in [-0.39, 0.29) is 23.2 Å². The molecule has 5 heteroatoms. The van der Waals surface area contributed by atoms with E-state index in [1.165, 1.54) is 12.1 Å². The van der Waals surface area contributed by atoms with Crippen molar-refractivity contribution in [3.63, 3.8) is 0 Å². The number of hydrogen-bond donors (Lipinski definition) is 1. The van der Waals surface area contributed by atoms with Crippen LogP contribution in [0.3, 0.4) is 0 Å². The van der Waals surface area contributed by atoms with E-state index in [0.717, 1.165) is 0 Å². The summed E-state index contributed by atoms with van der Waals surface area (Å²) in [5.74, 6) is -0.361. The fourth-order valence-electron chi connectivity index (χ4n) is 1.56. The molecule has 0 spiro atoms. The number of amides is 1. The summed E-state index contributed by atoms with van der Waals surface area (Å²) in [6, 6.07) is 4.19. The van der Waals surface area contributed by atoms with Gasteiger partial charge in [-0.05, 0) is 37.1 Å². The first-order chi connectivity index (χ1) is 8.46. The van der Waals surface area contributed by atoms with Crippen LogP contribution in [-0.2, 0) is 0 Å². The van der Waals surface area contributed by atoms with Crippen LogP contribution >= 0.6 is 23.2 Å². The summed E-state index contributed by atoms with van der Waals surface area (Å²) in [6.45, 7) is 3.62. The van der Waals surface area contributed by atoms with Crippen LogP contribution in [0.4, 0.5) is 4.39 Å². The maximum Gasteiger partial charge on any atom is 0.251 e. The van der Waals surface area contributed by atoms with Crippen molar-refractivity contribution >= 4 is 29.1 Å². The molecule has 1 N–H and O–H groups in total. The molecule has 1 aromatic carbocycles. The van der Waals surface area contributed by atoms with Gasteiger partial charge in [0.05, 0.1) is 5.54 Å². The number of benzene rings is 1. The highest BCUT2D eigenvalue weighted by Crippen LogP contribution is 2.17. The van der Waals surface area contributed by atoms with Crippen LogP contribution in [-0.4, -0.2) is 23.2 Å². The van der Waals surface area contributed by atoms with Gasteiger partial charge in [0.15, 0.2) is 0 Å². The van der Waals surface area contributed by atoms with Crippen molar-refractivity contribution < 1.29 is 9.18 Å². The molecule has 1 aromatic rings. The second-order valence-electron chi connectivity index (χ2n) is 4.37. The van der Waals surface area contributed by atoms with Gasteiger partial charge in [0, 0.05) is 17.3 Å². The van der Waals surface area contributed by atoms with E-state index in [2.05, 4.69) is 5.32 Å². The number of alkyl halides is 2. The zero-order chi connectivity index (χ0) is 13.8. The van der Waals surface area contributed by atoms with Crippen LogP contribution in [0.1, 0.15) is 29.3 Å². The maximum atomic E-state index is 13.2. The van der Waals surface area contributed by atoms with E-state index < -0.39 is 11.4 Å². The minimum absolute atomic E-state index is 0.215. The van der Waals surface area contributed by atoms with Gasteiger partial charge in [0.2, 0.25) is 0 Å². The van der Waals surface area contributed by atoms with Crippen molar-refractivity contribution in [1.82, 2.24) is 5.32 Å². The molecule has 0 aromatic heterocycles. The monoisotopic (exact) mass is 291 g/mol. The molecular weight excluding hydrogens is 276 g/mol. The Morgan fingerprint density at radius 1 is 1.33 bits per heavy atom. The molecule has 1 amide bonds. The van der Waals surface area contributed by atoms with E-state index in [0.29, 0.717) is 12.0 Å². The number of carbonyl (C=O) groups excluding carboxylic acids is 1. The molecule has 0 atom stereocenters. The molecule has 0 fully saturated rings. The highest BCUT2D eigenvalue weighted by molar-refractivity contribution is 6.22. The Balaban J connectivity index is 2.94. The van der Waals surface area contributed by atoms with Crippen molar-refractivity contribution in [3.8, 4) is 0 Å². The van der Waals surface area contributed by atoms with E-state index in [1.54, 1.807) is 13.0 Å². The average molecular weight is 292 g/mol. The van der Waals surface area contributed by atoms with Gasteiger partial charge in [0.25, 0.3) is 5.91 Å². The highest BCUT2D eigenvalue weighted by Gasteiger charge is 2.28. The first-order valence-corrected chi connectivity index (χ1v) is 6.75. The fourth-order valence-corrected chi connectivity index (χ4v) is 2.36. The van der Waals surface area contributed by atoms with Gasteiger partial charge in [0.1, 0.15) is 5.82 Å². The second-order valence-corrected chi connectivity index (χ2v) is 4.91. The number of rotatable bonds is 5. The molecule has 1 rings (SSSR count). The van der Waals surface area contributed by atoms with E-state index in [1.807, 2.05) is 6.92 Å². The van der Waals surface area contributed by atoms with Crippen LogP contribution in [0, 0.1) is 12.7 Å². The van der Waals surface area contributed by atoms with Crippen molar-refractivity contribution in [1.29, 1.82) is 0 Å². The molecule has 0 heterocycles. The molecule has 0 aliphatic rings. The zero-order valence-electron chi connectivity index (χ0n) is 10.4. The Hall–Kier alpha value is -0.800. The number of halogens is 3. The summed E-state index contributed by atoms with van der Waals surface area (Å²) >= 11 is 11.7. The van der Waals surface area contributed by atoms with Crippen molar-refractivity contribution in [3.05, 3.63) is 35.1 Å². The topological polar surface area (TPSA) is 29.1 Å². The van der Waals surface area contributed by atoms with Crippen LogP contribution in [0.5, 0.6) is 0 Å². The molecule has 18 heavy (non-hydrogen) atoms. The number of aryl methyl sites for hydroxylation is 1. The first kappa shape index (κ1) is 15.3. The smallest absolute Gasteiger partial charge is 0.251 e. The summed E-state index contributed by atoms with van der Waals surface area (Å²) in [5, 5.41) is 2.78. The molecule has 0 aliphatic carbocycles. The Labute approximate surface area is 116 Å². The second kappa shape index (κ2) is 6.39. The molecule has 0 bridgehead atoms.